The van der Waals surface area contributed by atoms with E-state index in [9.17, 15) is 21.9 Å². The number of hydrogen-bond acceptors (Lipinski definition) is 5. The maximum absolute atomic E-state index is 12.4. The summed E-state index contributed by atoms with van der Waals surface area (Å²) in [4.78, 5) is 2.07. The second-order valence-electron chi connectivity index (χ2n) is 8.12. The lowest BCUT2D eigenvalue weighted by atomic mass is 10.0. The third-order valence-electron chi connectivity index (χ3n) is 5.62. The molecule has 5 nitrogen and oxygen atoms in total. The molecule has 180 valence electrons. The van der Waals surface area contributed by atoms with Crippen LogP contribution in [0.4, 0.5) is 18.2 Å². The summed E-state index contributed by atoms with van der Waals surface area (Å²) < 4.78 is 68.2. The topological polar surface area (TPSA) is 55.8 Å². The van der Waals surface area contributed by atoms with Crippen molar-refractivity contribution in [2.24, 2.45) is 0 Å². The third-order valence-corrected chi connectivity index (χ3v) is 7.72. The molecule has 10 heteroatoms. The summed E-state index contributed by atoms with van der Waals surface area (Å²) >= 11 is -1.07. The molecule has 2 unspecified atom stereocenters. The van der Waals surface area contributed by atoms with E-state index in [0.717, 1.165) is 21.2 Å². The van der Waals surface area contributed by atoms with Crippen LogP contribution in [0.25, 0.3) is 10.1 Å². The minimum Gasteiger partial charge on any atom is -0.755 e. The molecule has 0 fully saturated rings. The fraction of sp³-hybridized carbons (Fsp3) is 0.391. The molecule has 2 atom stereocenters. The Bertz CT molecular complexity index is 1100. The number of likely N-dealkylation sites (N-methyl/N-ethyl adjacent to an activating group) is 1. The molecular weight excluding hydrogens is 473 g/mol. The van der Waals surface area contributed by atoms with Gasteiger partial charge in [0.05, 0.1) is 0 Å². The van der Waals surface area contributed by atoms with Crippen molar-refractivity contribution in [3.63, 3.8) is 0 Å². The Balaban J connectivity index is 1.87. The summed E-state index contributed by atoms with van der Waals surface area (Å²) in [7, 11) is 1.92. The van der Waals surface area contributed by atoms with Gasteiger partial charge >= 0.3 is 6.36 Å². The first-order valence-corrected chi connectivity index (χ1v) is 12.2. The van der Waals surface area contributed by atoms with Crippen molar-refractivity contribution in [2.75, 3.05) is 17.9 Å². The van der Waals surface area contributed by atoms with Crippen LogP contribution in [0.5, 0.6) is 5.75 Å². The van der Waals surface area contributed by atoms with Crippen molar-refractivity contribution in [2.45, 2.75) is 45.6 Å². The number of thiophene rings is 1. The van der Waals surface area contributed by atoms with Crippen molar-refractivity contribution in [3.8, 4) is 5.75 Å². The maximum Gasteiger partial charge on any atom is 0.573 e. The maximum atomic E-state index is 12.4. The van der Waals surface area contributed by atoms with E-state index in [2.05, 4.69) is 9.64 Å². The molecule has 0 amide bonds. The van der Waals surface area contributed by atoms with E-state index in [0.29, 0.717) is 11.4 Å². The van der Waals surface area contributed by atoms with Gasteiger partial charge in [-0.15, -0.1) is 24.5 Å². The molecular formula is C23H26F3N2O3S2-. The number of hydrogen-bond donors (Lipinski definition) is 0. The zero-order valence-electron chi connectivity index (χ0n) is 18.8. The molecule has 0 bridgehead atoms. The third kappa shape index (κ3) is 6.47. The SMILES string of the molecule is Cc1c(N(CC(Cc2ccc(OC(F)(F)F)cc2)N(C)C(C)C)S(=O)[O-])sc2ccccc12. The Morgan fingerprint density at radius 3 is 2.30 bits per heavy atom. The summed E-state index contributed by atoms with van der Waals surface area (Å²) in [6, 6.07) is 13.4. The van der Waals surface area contributed by atoms with Crippen molar-refractivity contribution in [3.05, 3.63) is 59.7 Å². The minimum atomic E-state index is -4.75. The van der Waals surface area contributed by atoms with Gasteiger partial charge in [-0.05, 0) is 69.0 Å². The van der Waals surface area contributed by atoms with E-state index in [-0.39, 0.29) is 24.4 Å². The zero-order chi connectivity index (χ0) is 24.3. The lowest BCUT2D eigenvalue weighted by Gasteiger charge is -2.36. The molecule has 0 spiro atoms. The standard InChI is InChI=1S/C23H27F3N2O3S2/c1-15(2)27(4)18(13-17-9-11-19(12-10-17)31-23(24,25)26)14-28(33(29)30)22-16(3)20-7-5-6-8-21(20)32-22/h5-12,15,18H,13-14H2,1-4H3,(H,29,30)/p-1. The molecule has 0 aliphatic carbocycles. The zero-order valence-corrected chi connectivity index (χ0v) is 20.4. The van der Waals surface area contributed by atoms with E-state index in [4.69, 9.17) is 0 Å². The van der Waals surface area contributed by atoms with Crippen LogP contribution in [0.15, 0.2) is 48.5 Å². The van der Waals surface area contributed by atoms with Crippen molar-refractivity contribution < 1.29 is 26.7 Å². The predicted molar refractivity (Wildman–Crippen MR) is 126 cm³/mol. The van der Waals surface area contributed by atoms with Crippen LogP contribution in [0.3, 0.4) is 0 Å². The highest BCUT2D eigenvalue weighted by atomic mass is 32.2. The number of rotatable bonds is 9. The molecule has 1 heterocycles. The lowest BCUT2D eigenvalue weighted by molar-refractivity contribution is -0.274. The van der Waals surface area contributed by atoms with Gasteiger partial charge in [-0.1, -0.05) is 30.3 Å². The molecule has 0 saturated heterocycles. The minimum absolute atomic E-state index is 0.133. The summed E-state index contributed by atoms with van der Waals surface area (Å²) in [6.07, 6.45) is -4.29. The Morgan fingerprint density at radius 2 is 1.76 bits per heavy atom. The molecule has 0 saturated carbocycles. The number of fused-ring (bicyclic) bond motifs is 1. The van der Waals surface area contributed by atoms with Crippen molar-refractivity contribution in [1.29, 1.82) is 0 Å². The van der Waals surface area contributed by atoms with Gasteiger partial charge < -0.3 is 9.29 Å². The highest BCUT2D eigenvalue weighted by molar-refractivity contribution is 7.81. The smallest absolute Gasteiger partial charge is 0.573 e. The fourth-order valence-corrected chi connectivity index (χ4v) is 5.65. The molecule has 3 rings (SSSR count). The van der Waals surface area contributed by atoms with Crippen LogP contribution in [0, 0.1) is 6.92 Å². The van der Waals surface area contributed by atoms with E-state index < -0.39 is 17.6 Å². The largest absolute Gasteiger partial charge is 0.755 e. The Labute approximate surface area is 198 Å². The predicted octanol–water partition coefficient (Wildman–Crippen LogP) is 5.66. The monoisotopic (exact) mass is 499 g/mol. The molecule has 0 radical (unpaired) electrons. The molecule has 33 heavy (non-hydrogen) atoms. The highest BCUT2D eigenvalue weighted by Gasteiger charge is 2.31. The lowest BCUT2D eigenvalue weighted by Crippen LogP contribution is -2.46. The second-order valence-corrected chi connectivity index (χ2v) is 10.0. The molecule has 2 aromatic carbocycles. The molecule has 3 aromatic rings. The average molecular weight is 500 g/mol. The Kier molecular flexibility index (Phi) is 8.04. The summed E-state index contributed by atoms with van der Waals surface area (Å²) in [5.74, 6) is -0.289. The Morgan fingerprint density at radius 1 is 1.12 bits per heavy atom. The number of alkyl halides is 3. The van der Waals surface area contributed by atoms with Crippen LogP contribution in [0.1, 0.15) is 25.0 Å². The van der Waals surface area contributed by atoms with Gasteiger partial charge in [0.25, 0.3) is 0 Å². The van der Waals surface area contributed by atoms with Gasteiger partial charge in [0.1, 0.15) is 10.8 Å². The normalized spacial score (nSPS) is 14.1. The van der Waals surface area contributed by atoms with Crippen LogP contribution in [-0.2, 0) is 17.7 Å². The van der Waals surface area contributed by atoms with Gasteiger partial charge in [0.2, 0.25) is 0 Å². The summed E-state index contributed by atoms with van der Waals surface area (Å²) in [6.45, 7) is 6.14. The molecule has 1 aromatic heterocycles. The summed E-state index contributed by atoms with van der Waals surface area (Å²) in [5, 5.41) is 1.68. The van der Waals surface area contributed by atoms with Gasteiger partial charge in [-0.2, -0.15) is 0 Å². The number of anilines is 1. The molecule has 0 aliphatic rings. The van der Waals surface area contributed by atoms with E-state index in [1.165, 1.54) is 27.8 Å². The van der Waals surface area contributed by atoms with Crippen molar-refractivity contribution in [1.82, 2.24) is 4.90 Å². The quantitative estimate of drug-likeness (QED) is 0.357. The number of halogens is 3. The second kappa shape index (κ2) is 10.4. The Hall–Kier alpha value is -2.14. The number of benzene rings is 2. The van der Waals surface area contributed by atoms with Crippen LogP contribution >= 0.6 is 11.3 Å². The summed E-state index contributed by atoms with van der Waals surface area (Å²) in [5.41, 5.74) is 1.69. The van der Waals surface area contributed by atoms with E-state index in [1.54, 1.807) is 12.1 Å². The fourth-order valence-electron chi connectivity index (χ4n) is 3.66. The van der Waals surface area contributed by atoms with Gasteiger partial charge in [-0.25, -0.2) is 0 Å². The first kappa shape index (κ1) is 25.5. The van der Waals surface area contributed by atoms with Crippen molar-refractivity contribution >= 4 is 37.7 Å². The van der Waals surface area contributed by atoms with Gasteiger partial charge in [-0.3, -0.25) is 13.4 Å². The van der Waals surface area contributed by atoms with E-state index in [1.807, 2.05) is 52.1 Å². The first-order valence-electron chi connectivity index (χ1n) is 10.4. The van der Waals surface area contributed by atoms with Crippen LogP contribution in [-0.4, -0.2) is 45.7 Å². The van der Waals surface area contributed by atoms with Gasteiger partial charge in [0.15, 0.2) is 0 Å². The van der Waals surface area contributed by atoms with Gasteiger partial charge in [0, 0.05) is 34.6 Å². The molecule has 0 N–H and O–H groups in total. The number of nitrogens with zero attached hydrogens (tertiary/aromatic N) is 2. The highest BCUT2D eigenvalue weighted by Crippen LogP contribution is 2.38. The number of ether oxygens (including phenoxy) is 1. The number of aryl methyl sites for hydroxylation is 1. The first-order chi connectivity index (χ1) is 15.5. The van der Waals surface area contributed by atoms with Crippen LogP contribution < -0.4 is 9.04 Å². The van der Waals surface area contributed by atoms with E-state index >= 15 is 0 Å². The molecule has 0 aliphatic heterocycles. The van der Waals surface area contributed by atoms with Crippen LogP contribution in [0.2, 0.25) is 0 Å². The average Bonchev–Trinajstić information content (AvgIpc) is 3.07.